The van der Waals surface area contributed by atoms with Gasteiger partial charge in [-0.3, -0.25) is 0 Å². The molecule has 0 amide bonds. The minimum atomic E-state index is 0.128. The number of ether oxygens (including phenoxy) is 1. The van der Waals surface area contributed by atoms with E-state index in [0.29, 0.717) is 17.9 Å². The third-order valence-electron chi connectivity index (χ3n) is 3.68. The van der Waals surface area contributed by atoms with Crippen LogP contribution in [0, 0.1) is 11.3 Å². The van der Waals surface area contributed by atoms with Gasteiger partial charge >= 0.3 is 0 Å². The summed E-state index contributed by atoms with van der Waals surface area (Å²) in [7, 11) is 2.09. The molecule has 5 heteroatoms. The molecule has 2 heterocycles. The number of anilines is 1. The van der Waals surface area contributed by atoms with Gasteiger partial charge in [-0.05, 0) is 19.2 Å². The molecule has 0 radical (unpaired) electrons. The molecule has 1 aliphatic heterocycles. The number of hydrogen-bond donors (Lipinski definition) is 1. The fourth-order valence-electron chi connectivity index (χ4n) is 2.54. The van der Waals surface area contributed by atoms with Gasteiger partial charge in [0.05, 0.1) is 23.8 Å². The number of aromatic nitrogens is 1. The first-order chi connectivity index (χ1) is 10.3. The number of rotatable bonds is 3. The molecule has 1 fully saturated rings. The van der Waals surface area contributed by atoms with Crippen molar-refractivity contribution in [3.63, 3.8) is 0 Å². The van der Waals surface area contributed by atoms with Gasteiger partial charge in [-0.15, -0.1) is 0 Å². The second-order valence-electron chi connectivity index (χ2n) is 5.32. The Labute approximate surface area is 124 Å². The maximum Gasteiger partial charge on any atom is 0.144 e. The molecule has 21 heavy (non-hydrogen) atoms. The van der Waals surface area contributed by atoms with E-state index in [1.807, 2.05) is 30.3 Å². The van der Waals surface area contributed by atoms with Gasteiger partial charge in [-0.1, -0.05) is 18.2 Å². The van der Waals surface area contributed by atoms with Crippen molar-refractivity contribution in [3.8, 4) is 6.07 Å². The van der Waals surface area contributed by atoms with Gasteiger partial charge in [-0.2, -0.15) is 5.26 Å². The van der Waals surface area contributed by atoms with Crippen LogP contribution in [0.2, 0.25) is 0 Å². The van der Waals surface area contributed by atoms with E-state index in [0.717, 1.165) is 30.6 Å². The molecular weight excluding hydrogens is 264 g/mol. The lowest BCUT2D eigenvalue weighted by molar-refractivity contribution is -0.0117. The predicted octanol–water partition coefficient (Wildman–Crippen LogP) is 1.85. The molecule has 2 aromatic rings. The zero-order valence-corrected chi connectivity index (χ0v) is 12.0. The molecule has 1 N–H and O–H groups in total. The molecule has 0 aliphatic carbocycles. The summed E-state index contributed by atoms with van der Waals surface area (Å²) in [5, 5.41) is 13.5. The first-order valence-corrected chi connectivity index (χ1v) is 7.10. The van der Waals surface area contributed by atoms with E-state index >= 15 is 0 Å². The van der Waals surface area contributed by atoms with Crippen LogP contribution in [0.4, 0.5) is 5.82 Å². The Morgan fingerprint density at radius 1 is 1.48 bits per heavy atom. The molecule has 1 unspecified atom stereocenters. The van der Waals surface area contributed by atoms with Gasteiger partial charge in [0.15, 0.2) is 0 Å². The van der Waals surface area contributed by atoms with Crippen LogP contribution in [0.3, 0.4) is 0 Å². The standard InChI is InChI=1S/C16H18N4O/c1-20-6-7-21-14(11-20)10-18-16-13(9-17)8-12-4-2-3-5-15(12)19-16/h2-5,8,14H,6-7,10-11H2,1H3,(H,18,19). The number of morpholine rings is 1. The molecular formula is C16H18N4O. The summed E-state index contributed by atoms with van der Waals surface area (Å²) >= 11 is 0. The Hall–Kier alpha value is -2.16. The van der Waals surface area contributed by atoms with Crippen LogP contribution < -0.4 is 5.32 Å². The highest BCUT2D eigenvalue weighted by atomic mass is 16.5. The number of nitrogens with one attached hydrogen (secondary N) is 1. The van der Waals surface area contributed by atoms with Crippen molar-refractivity contribution >= 4 is 16.7 Å². The monoisotopic (exact) mass is 282 g/mol. The highest BCUT2D eigenvalue weighted by Gasteiger charge is 2.18. The third kappa shape index (κ3) is 3.13. The molecule has 5 nitrogen and oxygen atoms in total. The molecule has 1 atom stereocenters. The normalized spacial score (nSPS) is 19.3. The number of likely N-dealkylation sites (N-methyl/N-ethyl adjacent to an activating group) is 1. The van der Waals surface area contributed by atoms with Crippen LogP contribution in [0.25, 0.3) is 10.9 Å². The van der Waals surface area contributed by atoms with Crippen LogP contribution in [0.5, 0.6) is 0 Å². The molecule has 3 rings (SSSR count). The van der Waals surface area contributed by atoms with Crippen molar-refractivity contribution in [2.24, 2.45) is 0 Å². The number of nitriles is 1. The number of para-hydroxylation sites is 1. The summed E-state index contributed by atoms with van der Waals surface area (Å²) in [6.07, 6.45) is 0.128. The SMILES string of the molecule is CN1CCOC(CNc2nc3ccccc3cc2C#N)C1. The van der Waals surface area contributed by atoms with E-state index in [9.17, 15) is 5.26 Å². The van der Waals surface area contributed by atoms with Gasteiger partial charge in [0, 0.05) is 25.0 Å². The van der Waals surface area contributed by atoms with Gasteiger partial charge in [0.25, 0.3) is 0 Å². The van der Waals surface area contributed by atoms with E-state index in [1.165, 1.54) is 0 Å². The van der Waals surface area contributed by atoms with Crippen molar-refractivity contribution in [2.45, 2.75) is 6.10 Å². The Morgan fingerprint density at radius 3 is 3.14 bits per heavy atom. The molecule has 1 aromatic carbocycles. The molecule has 0 spiro atoms. The Kier molecular flexibility index (Phi) is 4.00. The number of pyridine rings is 1. The number of fused-ring (bicyclic) bond motifs is 1. The lowest BCUT2D eigenvalue weighted by Crippen LogP contribution is -2.43. The number of nitrogens with zero attached hydrogens (tertiary/aromatic N) is 3. The van der Waals surface area contributed by atoms with Gasteiger partial charge in [0.1, 0.15) is 11.9 Å². The predicted molar refractivity (Wildman–Crippen MR) is 82.2 cm³/mol. The Morgan fingerprint density at radius 2 is 2.33 bits per heavy atom. The zero-order chi connectivity index (χ0) is 14.7. The first-order valence-electron chi connectivity index (χ1n) is 7.10. The van der Waals surface area contributed by atoms with E-state index in [-0.39, 0.29) is 6.10 Å². The smallest absolute Gasteiger partial charge is 0.144 e. The summed E-state index contributed by atoms with van der Waals surface area (Å²) in [5.74, 6) is 0.632. The van der Waals surface area contributed by atoms with Crippen LogP contribution in [0.15, 0.2) is 30.3 Å². The van der Waals surface area contributed by atoms with E-state index in [2.05, 4.69) is 28.3 Å². The van der Waals surface area contributed by atoms with Crippen LogP contribution in [-0.2, 0) is 4.74 Å². The topological polar surface area (TPSA) is 61.2 Å². The van der Waals surface area contributed by atoms with Crippen molar-refractivity contribution in [3.05, 3.63) is 35.9 Å². The van der Waals surface area contributed by atoms with E-state index < -0.39 is 0 Å². The summed E-state index contributed by atoms with van der Waals surface area (Å²) in [4.78, 5) is 6.79. The molecule has 1 aromatic heterocycles. The molecule has 1 saturated heterocycles. The van der Waals surface area contributed by atoms with Crippen LogP contribution in [-0.4, -0.2) is 49.3 Å². The number of hydrogen-bond acceptors (Lipinski definition) is 5. The minimum Gasteiger partial charge on any atom is -0.374 e. The third-order valence-corrected chi connectivity index (χ3v) is 3.68. The maximum absolute atomic E-state index is 9.29. The molecule has 108 valence electrons. The second-order valence-corrected chi connectivity index (χ2v) is 5.32. The van der Waals surface area contributed by atoms with Gasteiger partial charge < -0.3 is 15.0 Å². The molecule has 1 aliphatic rings. The second kappa shape index (κ2) is 6.08. The quantitative estimate of drug-likeness (QED) is 0.931. The lowest BCUT2D eigenvalue weighted by atomic mass is 10.1. The summed E-state index contributed by atoms with van der Waals surface area (Å²) in [6, 6.07) is 11.9. The summed E-state index contributed by atoms with van der Waals surface area (Å²) in [6.45, 7) is 3.26. The average Bonchev–Trinajstić information content (AvgIpc) is 2.52. The van der Waals surface area contributed by atoms with Crippen molar-refractivity contribution in [1.82, 2.24) is 9.88 Å². The highest BCUT2D eigenvalue weighted by molar-refractivity contribution is 5.82. The largest absolute Gasteiger partial charge is 0.374 e. The molecule has 0 saturated carbocycles. The lowest BCUT2D eigenvalue weighted by Gasteiger charge is -2.30. The Bertz CT molecular complexity index is 680. The maximum atomic E-state index is 9.29. The zero-order valence-electron chi connectivity index (χ0n) is 12.0. The average molecular weight is 282 g/mol. The number of benzene rings is 1. The fourth-order valence-corrected chi connectivity index (χ4v) is 2.54. The summed E-state index contributed by atoms with van der Waals surface area (Å²) in [5.41, 5.74) is 1.46. The van der Waals surface area contributed by atoms with Crippen molar-refractivity contribution in [1.29, 1.82) is 5.26 Å². The van der Waals surface area contributed by atoms with E-state index in [4.69, 9.17) is 4.74 Å². The first kappa shape index (κ1) is 13.8. The van der Waals surface area contributed by atoms with Crippen LogP contribution in [0.1, 0.15) is 5.56 Å². The fraction of sp³-hybridized carbons (Fsp3) is 0.375. The van der Waals surface area contributed by atoms with Gasteiger partial charge in [0.2, 0.25) is 0 Å². The van der Waals surface area contributed by atoms with Crippen molar-refractivity contribution < 1.29 is 4.74 Å². The highest BCUT2D eigenvalue weighted by Crippen LogP contribution is 2.20. The molecule has 0 bridgehead atoms. The summed E-state index contributed by atoms with van der Waals surface area (Å²) < 4.78 is 5.72. The Balaban J connectivity index is 1.78. The van der Waals surface area contributed by atoms with E-state index in [1.54, 1.807) is 0 Å². The van der Waals surface area contributed by atoms with Crippen molar-refractivity contribution in [2.75, 3.05) is 38.6 Å². The van der Waals surface area contributed by atoms with Crippen LogP contribution >= 0.6 is 0 Å². The van der Waals surface area contributed by atoms with Gasteiger partial charge in [-0.25, -0.2) is 4.98 Å². The minimum absolute atomic E-state index is 0.128.